The van der Waals surface area contributed by atoms with Gasteiger partial charge < -0.3 is 25.1 Å². The summed E-state index contributed by atoms with van der Waals surface area (Å²) >= 11 is 0. The van der Waals surface area contributed by atoms with E-state index in [0.29, 0.717) is 6.42 Å². The van der Waals surface area contributed by atoms with Crippen molar-refractivity contribution in [2.75, 3.05) is 0 Å². The fourth-order valence-electron chi connectivity index (χ4n) is 1.16. The maximum atomic E-state index is 11.2. The smallest absolute Gasteiger partial charge is 0.550 e. The molecule has 0 spiro atoms. The summed E-state index contributed by atoms with van der Waals surface area (Å²) in [5.41, 5.74) is 0. The van der Waals surface area contributed by atoms with E-state index in [2.05, 4.69) is 5.32 Å². The summed E-state index contributed by atoms with van der Waals surface area (Å²) < 4.78 is 0. The van der Waals surface area contributed by atoms with E-state index < -0.39 is 30.3 Å². The Labute approximate surface area is 150 Å². The van der Waals surface area contributed by atoms with E-state index >= 15 is 0 Å². The molecule has 1 amide bonds. The molecule has 1 unspecified atom stereocenters. The predicted molar refractivity (Wildman–Crippen MR) is 50.7 cm³/mol. The molecule has 1 N–H and O–H groups in total. The van der Waals surface area contributed by atoms with Crippen LogP contribution in [0, 0.1) is 0 Å². The molecule has 92 valence electrons. The summed E-state index contributed by atoms with van der Waals surface area (Å²) in [6.07, 6.45) is 1.86. The third-order valence-corrected chi connectivity index (χ3v) is 2.00. The number of amides is 1. The SMILES string of the molecule is CCCCCC(=O)NC(CC(=O)[O-])C(=O)[O-].[Na+].[Na+]. The maximum Gasteiger partial charge on any atom is 1.00 e. The Morgan fingerprint density at radius 1 is 1.11 bits per heavy atom. The molecule has 0 saturated carbocycles. The number of carboxylic acid groups (broad SMARTS) is 2. The van der Waals surface area contributed by atoms with Crippen LogP contribution in [-0.4, -0.2) is 23.9 Å². The summed E-state index contributed by atoms with van der Waals surface area (Å²) in [6, 6.07) is -1.51. The largest absolute Gasteiger partial charge is 1.00 e. The summed E-state index contributed by atoms with van der Waals surface area (Å²) in [7, 11) is 0. The van der Waals surface area contributed by atoms with Crippen LogP contribution in [0.15, 0.2) is 0 Å². The summed E-state index contributed by atoms with van der Waals surface area (Å²) in [4.78, 5) is 31.9. The van der Waals surface area contributed by atoms with E-state index in [1.54, 1.807) is 0 Å². The average molecular weight is 275 g/mol. The maximum absolute atomic E-state index is 11.2. The molecule has 0 aliphatic heterocycles. The number of carboxylic acids is 2. The first-order chi connectivity index (χ1) is 7.47. The van der Waals surface area contributed by atoms with Gasteiger partial charge in [-0.25, -0.2) is 0 Å². The molecule has 0 radical (unpaired) electrons. The van der Waals surface area contributed by atoms with Gasteiger partial charge in [-0.3, -0.25) is 4.79 Å². The van der Waals surface area contributed by atoms with Crippen molar-refractivity contribution in [3.63, 3.8) is 0 Å². The second-order valence-corrected chi connectivity index (χ2v) is 3.47. The summed E-state index contributed by atoms with van der Waals surface area (Å²) in [6.45, 7) is 1.97. The van der Waals surface area contributed by atoms with E-state index in [0.717, 1.165) is 12.8 Å². The van der Waals surface area contributed by atoms with Gasteiger partial charge in [-0.2, -0.15) is 0 Å². The number of rotatable bonds is 8. The van der Waals surface area contributed by atoms with Crippen molar-refractivity contribution in [1.29, 1.82) is 0 Å². The second-order valence-electron chi connectivity index (χ2n) is 3.47. The van der Waals surface area contributed by atoms with Crippen LogP contribution in [0.5, 0.6) is 0 Å². The van der Waals surface area contributed by atoms with Crippen LogP contribution in [0.1, 0.15) is 39.0 Å². The molecule has 8 heteroatoms. The first-order valence-corrected chi connectivity index (χ1v) is 5.17. The van der Waals surface area contributed by atoms with E-state index in [4.69, 9.17) is 0 Å². The fourth-order valence-corrected chi connectivity index (χ4v) is 1.16. The molecule has 0 aliphatic rings. The normalized spacial score (nSPS) is 10.5. The molecule has 0 saturated heterocycles. The van der Waals surface area contributed by atoms with Gasteiger partial charge in [-0.05, 0) is 6.42 Å². The van der Waals surface area contributed by atoms with Gasteiger partial charge in [0.1, 0.15) is 0 Å². The Bertz CT molecular complexity index is 273. The van der Waals surface area contributed by atoms with Crippen molar-refractivity contribution < 1.29 is 83.7 Å². The molecule has 6 nitrogen and oxygen atoms in total. The monoisotopic (exact) mass is 275 g/mol. The number of aliphatic carboxylic acids is 2. The zero-order valence-electron chi connectivity index (χ0n) is 11.2. The molecular weight excluding hydrogens is 260 g/mol. The van der Waals surface area contributed by atoms with Gasteiger partial charge in [-0.15, -0.1) is 0 Å². The standard InChI is InChI=1S/C10H17NO5.2Na/c1-2-3-4-5-8(12)11-7(10(15)16)6-9(13)14;;/h7H,2-6H2,1H3,(H,11,12)(H,13,14)(H,15,16);;/q;2*+1/p-2. The van der Waals surface area contributed by atoms with Crippen LogP contribution >= 0.6 is 0 Å². The fraction of sp³-hybridized carbons (Fsp3) is 0.700. The van der Waals surface area contributed by atoms with E-state index in [9.17, 15) is 24.6 Å². The molecule has 0 aromatic rings. The minimum atomic E-state index is -1.62. The molecule has 0 bridgehead atoms. The van der Waals surface area contributed by atoms with E-state index in [-0.39, 0.29) is 65.5 Å². The van der Waals surface area contributed by atoms with Crippen LogP contribution in [0.4, 0.5) is 0 Å². The van der Waals surface area contributed by atoms with Crippen molar-refractivity contribution in [2.45, 2.75) is 45.1 Å². The first kappa shape index (κ1) is 23.5. The number of carbonyl (C=O) groups excluding carboxylic acids is 3. The Kier molecular flexibility index (Phi) is 18.1. The molecule has 0 heterocycles. The van der Waals surface area contributed by atoms with E-state index in [1.807, 2.05) is 6.92 Å². The topological polar surface area (TPSA) is 109 Å². The Hall–Kier alpha value is 0.410. The van der Waals surface area contributed by atoms with Crippen LogP contribution in [0.3, 0.4) is 0 Å². The number of hydrogen-bond acceptors (Lipinski definition) is 5. The first-order valence-electron chi connectivity index (χ1n) is 5.17. The minimum Gasteiger partial charge on any atom is -0.550 e. The van der Waals surface area contributed by atoms with Crippen LogP contribution in [0.25, 0.3) is 0 Å². The van der Waals surface area contributed by atoms with Gasteiger partial charge in [0.25, 0.3) is 0 Å². The Morgan fingerprint density at radius 2 is 1.67 bits per heavy atom. The van der Waals surface area contributed by atoms with E-state index in [1.165, 1.54) is 0 Å². The zero-order chi connectivity index (χ0) is 12.6. The third kappa shape index (κ3) is 12.9. The van der Waals surface area contributed by atoms with Crippen molar-refractivity contribution in [3.8, 4) is 0 Å². The number of unbranched alkanes of at least 4 members (excludes halogenated alkanes) is 2. The quantitative estimate of drug-likeness (QED) is 0.349. The Balaban J connectivity index is -0.00000112. The van der Waals surface area contributed by atoms with Crippen LogP contribution < -0.4 is 74.6 Å². The predicted octanol–water partition coefficient (Wildman–Crippen LogP) is -8.05. The minimum absolute atomic E-state index is 0. The zero-order valence-corrected chi connectivity index (χ0v) is 15.2. The van der Waals surface area contributed by atoms with Crippen LogP contribution in [-0.2, 0) is 14.4 Å². The van der Waals surface area contributed by atoms with Crippen LogP contribution in [0.2, 0.25) is 0 Å². The summed E-state index contributed by atoms with van der Waals surface area (Å²) in [5.74, 6) is -3.64. The van der Waals surface area contributed by atoms with Crippen molar-refractivity contribution in [2.24, 2.45) is 0 Å². The van der Waals surface area contributed by atoms with Crippen molar-refractivity contribution in [3.05, 3.63) is 0 Å². The van der Waals surface area contributed by atoms with Gasteiger partial charge in [-0.1, -0.05) is 19.8 Å². The molecule has 18 heavy (non-hydrogen) atoms. The second kappa shape index (κ2) is 13.8. The Morgan fingerprint density at radius 3 is 2.06 bits per heavy atom. The van der Waals surface area contributed by atoms with Gasteiger partial charge in [0.15, 0.2) is 0 Å². The molecular formula is C10H15NNa2O5. The van der Waals surface area contributed by atoms with Gasteiger partial charge in [0.2, 0.25) is 5.91 Å². The number of hydrogen-bond donors (Lipinski definition) is 1. The number of nitrogens with one attached hydrogen (secondary N) is 1. The molecule has 0 fully saturated rings. The van der Waals surface area contributed by atoms with Crippen molar-refractivity contribution >= 4 is 17.8 Å². The van der Waals surface area contributed by atoms with Gasteiger partial charge >= 0.3 is 59.1 Å². The molecule has 0 rings (SSSR count). The van der Waals surface area contributed by atoms with Gasteiger partial charge in [0.05, 0.1) is 12.0 Å². The molecule has 0 aliphatic carbocycles. The van der Waals surface area contributed by atoms with Gasteiger partial charge in [0, 0.05) is 18.8 Å². The molecule has 0 aromatic carbocycles. The molecule has 1 atom stereocenters. The number of carbonyl (C=O) groups is 3. The summed E-state index contributed by atoms with van der Waals surface area (Å²) in [5, 5.41) is 22.8. The third-order valence-electron chi connectivity index (χ3n) is 2.00. The average Bonchev–Trinajstić information content (AvgIpc) is 2.16. The van der Waals surface area contributed by atoms with Crippen molar-refractivity contribution in [1.82, 2.24) is 5.32 Å². The molecule has 0 aromatic heterocycles.